The number of halogens is 1. The molecule has 0 spiro atoms. The molecule has 2 aliphatic rings. The molecule has 24 heavy (non-hydrogen) atoms. The summed E-state index contributed by atoms with van der Waals surface area (Å²) in [6, 6.07) is 12.7. The lowest BCUT2D eigenvalue weighted by Crippen LogP contribution is -2.39. The lowest BCUT2D eigenvalue weighted by Gasteiger charge is -2.11. The van der Waals surface area contributed by atoms with Gasteiger partial charge >= 0.3 is 0 Å². The highest BCUT2D eigenvalue weighted by Crippen LogP contribution is 2.34. The fraction of sp³-hybridized carbons (Fsp3) is 0.235. The Morgan fingerprint density at radius 1 is 1.08 bits per heavy atom. The van der Waals surface area contributed by atoms with Gasteiger partial charge in [0.2, 0.25) is 12.7 Å². The van der Waals surface area contributed by atoms with Gasteiger partial charge in [0.1, 0.15) is 6.04 Å². The van der Waals surface area contributed by atoms with E-state index in [2.05, 4.69) is 16.2 Å². The number of benzene rings is 2. The van der Waals surface area contributed by atoms with Crippen molar-refractivity contribution in [2.24, 2.45) is 0 Å². The van der Waals surface area contributed by atoms with Crippen molar-refractivity contribution in [3.05, 3.63) is 53.1 Å². The largest absolute Gasteiger partial charge is 0.454 e. The maximum atomic E-state index is 12.4. The first-order valence-corrected chi connectivity index (χ1v) is 8.04. The zero-order valence-electron chi connectivity index (χ0n) is 12.7. The summed E-state index contributed by atoms with van der Waals surface area (Å²) >= 11 is 5.91. The van der Waals surface area contributed by atoms with Gasteiger partial charge in [0, 0.05) is 22.8 Å². The van der Waals surface area contributed by atoms with Gasteiger partial charge in [0.15, 0.2) is 11.5 Å². The normalized spacial score (nSPS) is 21.7. The summed E-state index contributed by atoms with van der Waals surface area (Å²) < 4.78 is 10.6. The Morgan fingerprint density at radius 3 is 2.71 bits per heavy atom. The molecule has 2 atom stereocenters. The van der Waals surface area contributed by atoms with E-state index < -0.39 is 0 Å². The molecule has 0 radical (unpaired) electrons. The maximum absolute atomic E-state index is 12.4. The summed E-state index contributed by atoms with van der Waals surface area (Å²) in [5, 5.41) is 3.59. The van der Waals surface area contributed by atoms with Crippen molar-refractivity contribution in [1.82, 2.24) is 10.9 Å². The van der Waals surface area contributed by atoms with E-state index in [1.54, 1.807) is 18.2 Å². The number of rotatable bonds is 3. The Hall–Kier alpha value is -2.28. The molecule has 1 amide bonds. The smallest absolute Gasteiger partial charge is 0.242 e. The minimum absolute atomic E-state index is 0.0646. The van der Waals surface area contributed by atoms with E-state index in [1.165, 1.54) is 0 Å². The van der Waals surface area contributed by atoms with Crippen molar-refractivity contribution in [2.45, 2.75) is 18.5 Å². The standard InChI is InChI=1S/C17H16ClN3O3/c18-11-3-1-10(2-4-11)13-8-14(21-20-13)17(22)19-12-5-6-15-16(7-12)24-9-23-15/h1-7,13-14,20-21H,8-9H2,(H,19,22). The predicted octanol–water partition coefficient (Wildman–Crippen LogP) is 2.61. The Bertz CT molecular complexity index is 766. The Labute approximate surface area is 144 Å². The predicted molar refractivity (Wildman–Crippen MR) is 90.1 cm³/mol. The molecule has 0 aromatic heterocycles. The SMILES string of the molecule is O=C(Nc1ccc2c(c1)OCO2)C1CC(c2ccc(Cl)cc2)NN1. The summed E-state index contributed by atoms with van der Waals surface area (Å²) in [6.45, 7) is 0.212. The van der Waals surface area contributed by atoms with Gasteiger partial charge in [-0.15, -0.1) is 0 Å². The maximum Gasteiger partial charge on any atom is 0.242 e. The van der Waals surface area contributed by atoms with Crippen LogP contribution in [0.5, 0.6) is 11.5 Å². The van der Waals surface area contributed by atoms with Crippen molar-refractivity contribution in [1.29, 1.82) is 0 Å². The Kier molecular flexibility index (Phi) is 4.02. The quantitative estimate of drug-likeness (QED) is 0.797. The molecule has 1 fully saturated rings. The zero-order chi connectivity index (χ0) is 16.5. The van der Waals surface area contributed by atoms with Crippen molar-refractivity contribution in [3.63, 3.8) is 0 Å². The van der Waals surface area contributed by atoms with E-state index >= 15 is 0 Å². The number of hydrazine groups is 1. The first kappa shape index (κ1) is 15.3. The highest BCUT2D eigenvalue weighted by molar-refractivity contribution is 6.30. The van der Waals surface area contributed by atoms with Gasteiger partial charge < -0.3 is 14.8 Å². The number of carbonyl (C=O) groups is 1. The van der Waals surface area contributed by atoms with Crippen LogP contribution in [-0.4, -0.2) is 18.7 Å². The van der Waals surface area contributed by atoms with Gasteiger partial charge in [-0.05, 0) is 36.2 Å². The van der Waals surface area contributed by atoms with E-state index in [-0.39, 0.29) is 24.8 Å². The molecule has 0 bridgehead atoms. The summed E-state index contributed by atoms with van der Waals surface area (Å²) in [4.78, 5) is 12.4. The molecule has 2 aromatic carbocycles. The number of nitrogens with one attached hydrogen (secondary N) is 3. The van der Waals surface area contributed by atoms with Crippen LogP contribution in [0.2, 0.25) is 5.02 Å². The van der Waals surface area contributed by atoms with Crippen LogP contribution in [0.25, 0.3) is 0 Å². The molecule has 2 unspecified atom stereocenters. The van der Waals surface area contributed by atoms with Crippen LogP contribution in [0.15, 0.2) is 42.5 Å². The number of anilines is 1. The highest BCUT2D eigenvalue weighted by atomic mass is 35.5. The second kappa shape index (κ2) is 6.32. The number of ether oxygens (including phenoxy) is 2. The van der Waals surface area contributed by atoms with Crippen LogP contribution < -0.4 is 25.6 Å². The van der Waals surface area contributed by atoms with Crippen LogP contribution in [0.4, 0.5) is 5.69 Å². The van der Waals surface area contributed by atoms with Crippen LogP contribution in [0.3, 0.4) is 0 Å². The summed E-state index contributed by atoms with van der Waals surface area (Å²) in [5.41, 5.74) is 7.96. The molecule has 124 valence electrons. The third kappa shape index (κ3) is 3.03. The van der Waals surface area contributed by atoms with Crippen LogP contribution in [-0.2, 0) is 4.79 Å². The third-order valence-electron chi connectivity index (χ3n) is 4.13. The first-order chi connectivity index (χ1) is 11.7. The molecule has 2 heterocycles. The second-order valence-corrected chi connectivity index (χ2v) is 6.17. The number of hydrogen-bond acceptors (Lipinski definition) is 5. The molecule has 6 nitrogen and oxygen atoms in total. The molecular weight excluding hydrogens is 330 g/mol. The average molecular weight is 346 g/mol. The molecule has 7 heteroatoms. The first-order valence-electron chi connectivity index (χ1n) is 7.66. The lowest BCUT2D eigenvalue weighted by atomic mass is 10.0. The fourth-order valence-corrected chi connectivity index (χ4v) is 2.97. The summed E-state index contributed by atoms with van der Waals surface area (Å²) in [5.74, 6) is 1.23. The van der Waals surface area contributed by atoms with Crippen molar-refractivity contribution in [3.8, 4) is 11.5 Å². The number of amides is 1. The van der Waals surface area contributed by atoms with Crippen molar-refractivity contribution >= 4 is 23.2 Å². The third-order valence-corrected chi connectivity index (χ3v) is 4.38. The number of fused-ring (bicyclic) bond motifs is 1. The molecule has 3 N–H and O–H groups in total. The number of hydrogen-bond donors (Lipinski definition) is 3. The van der Waals surface area contributed by atoms with E-state index in [4.69, 9.17) is 21.1 Å². The van der Waals surface area contributed by atoms with Gasteiger partial charge in [0.25, 0.3) is 0 Å². The van der Waals surface area contributed by atoms with Gasteiger partial charge in [-0.3, -0.25) is 4.79 Å². The molecule has 4 rings (SSSR count). The monoisotopic (exact) mass is 345 g/mol. The second-order valence-electron chi connectivity index (χ2n) is 5.74. The lowest BCUT2D eigenvalue weighted by molar-refractivity contribution is -0.117. The van der Waals surface area contributed by atoms with Gasteiger partial charge in [-0.2, -0.15) is 0 Å². The van der Waals surface area contributed by atoms with E-state index in [0.717, 1.165) is 5.56 Å². The van der Waals surface area contributed by atoms with E-state index in [9.17, 15) is 4.79 Å². The van der Waals surface area contributed by atoms with Crippen LogP contribution in [0, 0.1) is 0 Å². The fourth-order valence-electron chi connectivity index (χ4n) is 2.85. The molecule has 2 aromatic rings. The van der Waals surface area contributed by atoms with E-state index in [0.29, 0.717) is 28.6 Å². The highest BCUT2D eigenvalue weighted by Gasteiger charge is 2.30. The average Bonchev–Trinajstić information content (AvgIpc) is 3.24. The van der Waals surface area contributed by atoms with Crippen molar-refractivity contribution in [2.75, 3.05) is 12.1 Å². The van der Waals surface area contributed by atoms with Gasteiger partial charge in [0.05, 0.1) is 0 Å². The van der Waals surface area contributed by atoms with Crippen molar-refractivity contribution < 1.29 is 14.3 Å². The van der Waals surface area contributed by atoms with Gasteiger partial charge in [-0.25, -0.2) is 10.9 Å². The number of carbonyl (C=O) groups excluding carboxylic acids is 1. The Balaban J connectivity index is 1.39. The molecule has 0 aliphatic carbocycles. The van der Waals surface area contributed by atoms with Crippen LogP contribution >= 0.6 is 11.6 Å². The topological polar surface area (TPSA) is 71.6 Å². The minimum Gasteiger partial charge on any atom is -0.454 e. The van der Waals surface area contributed by atoms with E-state index in [1.807, 2.05) is 24.3 Å². The summed E-state index contributed by atoms with van der Waals surface area (Å²) in [7, 11) is 0. The van der Waals surface area contributed by atoms with Gasteiger partial charge in [-0.1, -0.05) is 23.7 Å². The molecule has 1 saturated heterocycles. The molecule has 2 aliphatic heterocycles. The van der Waals surface area contributed by atoms with Crippen LogP contribution in [0.1, 0.15) is 18.0 Å². The summed E-state index contributed by atoms with van der Waals surface area (Å²) in [6.07, 6.45) is 0.651. The minimum atomic E-state index is -0.323. The Morgan fingerprint density at radius 2 is 1.88 bits per heavy atom. The zero-order valence-corrected chi connectivity index (χ0v) is 13.5. The molecule has 0 saturated carbocycles. The molecular formula is C17H16ClN3O3.